The van der Waals surface area contributed by atoms with Crippen LogP contribution in [0.1, 0.15) is 57.0 Å². The topological polar surface area (TPSA) is 17.1 Å². The molecule has 0 aromatic heterocycles. The molecule has 0 bridgehead atoms. The van der Waals surface area contributed by atoms with E-state index in [4.69, 9.17) is 0 Å². The van der Waals surface area contributed by atoms with Crippen LogP contribution in [0.5, 0.6) is 0 Å². The number of Topliss-reactive ketones (excluding diaryl/α,β-unsaturated/α-hetero) is 1. The molecule has 0 aliphatic rings. The zero-order valence-corrected chi connectivity index (χ0v) is 12.2. The first kappa shape index (κ1) is 14.7. The summed E-state index contributed by atoms with van der Waals surface area (Å²) in [5, 5.41) is 0. The summed E-state index contributed by atoms with van der Waals surface area (Å²) >= 11 is 0. The van der Waals surface area contributed by atoms with Gasteiger partial charge >= 0.3 is 0 Å². The van der Waals surface area contributed by atoms with Gasteiger partial charge in [0.15, 0.2) is 5.78 Å². The van der Waals surface area contributed by atoms with Gasteiger partial charge in [-0.2, -0.15) is 0 Å². The largest absolute Gasteiger partial charge is 0.294 e. The molecule has 0 radical (unpaired) electrons. The third-order valence-electron chi connectivity index (χ3n) is 3.40. The zero-order valence-electron chi connectivity index (χ0n) is 12.2. The van der Waals surface area contributed by atoms with Crippen LogP contribution in [0.3, 0.4) is 0 Å². The molecule has 0 spiro atoms. The highest BCUT2D eigenvalue weighted by atomic mass is 16.1. The minimum absolute atomic E-state index is 0.124. The molecule has 0 saturated heterocycles. The van der Waals surface area contributed by atoms with Crippen LogP contribution < -0.4 is 0 Å². The summed E-state index contributed by atoms with van der Waals surface area (Å²) < 4.78 is 0. The quantitative estimate of drug-likeness (QED) is 0.683. The molecule has 0 aliphatic carbocycles. The molecule has 0 saturated carbocycles. The summed E-state index contributed by atoms with van der Waals surface area (Å²) in [5.74, 6) is 0.650. The molecule has 0 aliphatic heterocycles. The molecule has 1 rings (SSSR count). The maximum atomic E-state index is 11.5. The minimum Gasteiger partial charge on any atom is -0.294 e. The number of allylic oxidation sites excluding steroid dienone is 1. The van der Waals surface area contributed by atoms with E-state index in [1.165, 1.54) is 0 Å². The van der Waals surface area contributed by atoms with Crippen LogP contribution in [0.4, 0.5) is 0 Å². The van der Waals surface area contributed by atoms with E-state index in [0.717, 1.165) is 17.5 Å². The molecule has 1 unspecified atom stereocenters. The Balaban J connectivity index is 3.00. The van der Waals surface area contributed by atoms with Gasteiger partial charge in [-0.25, -0.2) is 0 Å². The van der Waals surface area contributed by atoms with Crippen molar-refractivity contribution in [3.05, 3.63) is 41.5 Å². The summed E-state index contributed by atoms with van der Waals surface area (Å²) in [6.07, 6.45) is 5.44. The number of benzene rings is 1. The van der Waals surface area contributed by atoms with Gasteiger partial charge in [0.25, 0.3) is 0 Å². The van der Waals surface area contributed by atoms with Gasteiger partial charge in [-0.1, -0.05) is 64.1 Å². The standard InChI is InChI=1S/C17H24O/c1-6-15(17(3,4)5)12-11-14-9-7-8-10-16(14)13(2)18/h7-12,15H,6H2,1-5H3/b12-11+. The van der Waals surface area contributed by atoms with E-state index >= 15 is 0 Å². The average Bonchev–Trinajstić information content (AvgIpc) is 2.28. The Morgan fingerprint density at radius 1 is 1.28 bits per heavy atom. The molecule has 18 heavy (non-hydrogen) atoms. The van der Waals surface area contributed by atoms with Gasteiger partial charge < -0.3 is 0 Å². The SMILES string of the molecule is CCC(/C=C/c1ccccc1C(C)=O)C(C)(C)C. The van der Waals surface area contributed by atoms with Crippen molar-refractivity contribution in [2.45, 2.75) is 41.0 Å². The lowest BCUT2D eigenvalue weighted by atomic mass is 9.78. The van der Waals surface area contributed by atoms with Gasteiger partial charge in [0, 0.05) is 5.56 Å². The first-order chi connectivity index (χ1) is 8.36. The van der Waals surface area contributed by atoms with E-state index in [-0.39, 0.29) is 11.2 Å². The van der Waals surface area contributed by atoms with Crippen molar-refractivity contribution in [2.24, 2.45) is 11.3 Å². The maximum absolute atomic E-state index is 11.5. The summed E-state index contributed by atoms with van der Waals surface area (Å²) in [6, 6.07) is 7.78. The normalized spacial score (nSPS) is 13.8. The van der Waals surface area contributed by atoms with Crippen molar-refractivity contribution in [1.82, 2.24) is 0 Å². The van der Waals surface area contributed by atoms with Gasteiger partial charge in [0.1, 0.15) is 0 Å². The predicted molar refractivity (Wildman–Crippen MR) is 78.7 cm³/mol. The van der Waals surface area contributed by atoms with Crippen LogP contribution in [0.15, 0.2) is 30.3 Å². The van der Waals surface area contributed by atoms with Crippen LogP contribution in [0.25, 0.3) is 6.08 Å². The van der Waals surface area contributed by atoms with E-state index < -0.39 is 0 Å². The lowest BCUT2D eigenvalue weighted by Crippen LogP contribution is -2.17. The number of carbonyl (C=O) groups excluding carboxylic acids is 1. The number of hydrogen-bond acceptors (Lipinski definition) is 1. The van der Waals surface area contributed by atoms with Crippen molar-refractivity contribution < 1.29 is 4.79 Å². The van der Waals surface area contributed by atoms with Gasteiger partial charge in [0.2, 0.25) is 0 Å². The van der Waals surface area contributed by atoms with Crippen molar-refractivity contribution in [1.29, 1.82) is 0 Å². The van der Waals surface area contributed by atoms with E-state index in [0.29, 0.717) is 5.92 Å². The van der Waals surface area contributed by atoms with Crippen molar-refractivity contribution in [2.75, 3.05) is 0 Å². The third-order valence-corrected chi connectivity index (χ3v) is 3.40. The van der Waals surface area contributed by atoms with Crippen molar-refractivity contribution in [3.63, 3.8) is 0 Å². The lowest BCUT2D eigenvalue weighted by molar-refractivity contribution is 0.101. The van der Waals surface area contributed by atoms with E-state index in [1.807, 2.05) is 24.3 Å². The first-order valence-electron chi connectivity index (χ1n) is 6.64. The summed E-state index contributed by atoms with van der Waals surface area (Å²) in [7, 11) is 0. The van der Waals surface area contributed by atoms with Crippen LogP contribution >= 0.6 is 0 Å². The van der Waals surface area contributed by atoms with E-state index in [2.05, 4.69) is 39.8 Å². The molecule has 1 atom stereocenters. The number of rotatable bonds is 4. The molecule has 1 heteroatoms. The average molecular weight is 244 g/mol. The van der Waals surface area contributed by atoms with Crippen molar-refractivity contribution >= 4 is 11.9 Å². The lowest BCUT2D eigenvalue weighted by Gasteiger charge is -2.27. The van der Waals surface area contributed by atoms with Gasteiger partial charge in [-0.3, -0.25) is 4.79 Å². The summed E-state index contributed by atoms with van der Waals surface area (Å²) in [4.78, 5) is 11.5. The number of ketones is 1. The van der Waals surface area contributed by atoms with Gasteiger partial charge in [-0.15, -0.1) is 0 Å². The maximum Gasteiger partial charge on any atom is 0.160 e. The fraction of sp³-hybridized carbons (Fsp3) is 0.471. The molecule has 0 fully saturated rings. The zero-order chi connectivity index (χ0) is 13.8. The predicted octanol–water partition coefficient (Wildman–Crippen LogP) is 4.97. The molecule has 0 amide bonds. The summed E-state index contributed by atoms with van der Waals surface area (Å²) in [5.41, 5.74) is 2.08. The highest BCUT2D eigenvalue weighted by molar-refractivity contribution is 5.97. The Bertz CT molecular complexity index is 435. The van der Waals surface area contributed by atoms with Gasteiger partial charge in [-0.05, 0) is 30.2 Å². The Morgan fingerprint density at radius 2 is 1.89 bits per heavy atom. The van der Waals surface area contributed by atoms with E-state index in [9.17, 15) is 4.79 Å². The molecule has 1 aromatic carbocycles. The van der Waals surface area contributed by atoms with Crippen LogP contribution in [-0.4, -0.2) is 5.78 Å². The molecule has 1 nitrogen and oxygen atoms in total. The molecule has 1 aromatic rings. The Hall–Kier alpha value is -1.37. The molecule has 0 N–H and O–H groups in total. The van der Waals surface area contributed by atoms with Crippen LogP contribution in [0.2, 0.25) is 0 Å². The minimum atomic E-state index is 0.124. The van der Waals surface area contributed by atoms with Crippen LogP contribution in [-0.2, 0) is 0 Å². The fourth-order valence-electron chi connectivity index (χ4n) is 2.22. The van der Waals surface area contributed by atoms with Crippen molar-refractivity contribution in [3.8, 4) is 0 Å². The Kier molecular flexibility index (Phi) is 4.89. The fourth-order valence-corrected chi connectivity index (χ4v) is 2.22. The number of carbonyl (C=O) groups is 1. The summed E-state index contributed by atoms with van der Waals surface area (Å²) in [6.45, 7) is 10.6. The molecule has 0 heterocycles. The molecular formula is C17H24O. The smallest absolute Gasteiger partial charge is 0.160 e. The highest BCUT2D eigenvalue weighted by Gasteiger charge is 2.20. The second kappa shape index (κ2) is 5.99. The van der Waals surface area contributed by atoms with E-state index in [1.54, 1.807) is 6.92 Å². The second-order valence-corrected chi connectivity index (χ2v) is 5.88. The van der Waals surface area contributed by atoms with Crippen LogP contribution in [0, 0.1) is 11.3 Å². The Labute approximate surface area is 111 Å². The Morgan fingerprint density at radius 3 is 2.39 bits per heavy atom. The molecule has 98 valence electrons. The number of hydrogen-bond donors (Lipinski definition) is 0. The third kappa shape index (κ3) is 3.83. The highest BCUT2D eigenvalue weighted by Crippen LogP contribution is 2.30. The monoisotopic (exact) mass is 244 g/mol. The first-order valence-corrected chi connectivity index (χ1v) is 6.64. The molecular weight excluding hydrogens is 220 g/mol. The van der Waals surface area contributed by atoms with Gasteiger partial charge in [0.05, 0.1) is 0 Å². The second-order valence-electron chi connectivity index (χ2n) is 5.88.